The fraction of sp³-hybridized carbons (Fsp3) is 0.667. The van der Waals surface area contributed by atoms with Gasteiger partial charge < -0.3 is 19.3 Å². The van der Waals surface area contributed by atoms with Crippen LogP contribution < -0.4 is 9.47 Å². The Hall–Kier alpha value is -2.05. The number of aliphatic hydroxyl groups is 1. The zero-order valence-electron chi connectivity index (χ0n) is 20.3. The number of hydrogen-bond acceptors (Lipinski definition) is 6. The van der Waals surface area contributed by atoms with E-state index in [1.165, 1.54) is 18.4 Å². The first-order valence-electron chi connectivity index (χ1n) is 12.3. The van der Waals surface area contributed by atoms with Crippen molar-refractivity contribution in [3.8, 4) is 11.5 Å². The first kappa shape index (κ1) is 24.1. The van der Waals surface area contributed by atoms with Crippen LogP contribution in [0.4, 0.5) is 0 Å². The van der Waals surface area contributed by atoms with Crippen LogP contribution in [0.3, 0.4) is 0 Å². The van der Waals surface area contributed by atoms with Crippen molar-refractivity contribution in [1.29, 1.82) is 0 Å². The average molecular weight is 458 g/mol. The van der Waals surface area contributed by atoms with Crippen molar-refractivity contribution >= 4 is 5.97 Å². The van der Waals surface area contributed by atoms with Crippen LogP contribution in [0.1, 0.15) is 51.0 Å². The number of methoxy groups -OCH3 is 2. The Morgan fingerprint density at radius 1 is 1.27 bits per heavy atom. The van der Waals surface area contributed by atoms with Gasteiger partial charge in [0.1, 0.15) is 6.10 Å². The molecule has 5 atom stereocenters. The molecule has 1 aromatic rings. The molecule has 0 bridgehead atoms. The molecule has 3 aliphatic rings. The summed E-state index contributed by atoms with van der Waals surface area (Å²) in [6.45, 7) is 8.94. The number of aliphatic hydroxyl groups excluding tert-OH is 1. The zero-order valence-corrected chi connectivity index (χ0v) is 20.3. The largest absolute Gasteiger partial charge is 0.493 e. The van der Waals surface area contributed by atoms with E-state index in [9.17, 15) is 9.90 Å². The molecule has 1 saturated heterocycles. The summed E-state index contributed by atoms with van der Waals surface area (Å²) < 4.78 is 16.8. The van der Waals surface area contributed by atoms with Crippen LogP contribution in [0.2, 0.25) is 0 Å². The van der Waals surface area contributed by atoms with Gasteiger partial charge in [-0.15, -0.1) is 0 Å². The number of carbonyl (C=O) groups is 1. The van der Waals surface area contributed by atoms with Crippen molar-refractivity contribution in [1.82, 2.24) is 4.90 Å². The number of esters is 1. The molecule has 6 nitrogen and oxygen atoms in total. The fourth-order valence-corrected chi connectivity index (χ4v) is 6.51. The molecular weight excluding hydrogens is 418 g/mol. The Kier molecular flexibility index (Phi) is 7.34. The molecule has 4 rings (SSSR count). The molecule has 1 N–H and O–H groups in total. The highest BCUT2D eigenvalue weighted by atomic mass is 16.6. The monoisotopic (exact) mass is 457 g/mol. The van der Waals surface area contributed by atoms with Gasteiger partial charge in [0.05, 0.1) is 20.1 Å². The lowest BCUT2D eigenvalue weighted by Crippen LogP contribution is -2.45. The maximum Gasteiger partial charge on any atom is 0.310 e. The number of hydrogen-bond donors (Lipinski definition) is 1. The summed E-state index contributed by atoms with van der Waals surface area (Å²) in [5.41, 5.74) is 2.66. The van der Waals surface area contributed by atoms with Crippen LogP contribution in [0.15, 0.2) is 30.4 Å². The lowest BCUT2D eigenvalue weighted by molar-refractivity contribution is -0.146. The van der Waals surface area contributed by atoms with Crippen molar-refractivity contribution in [3.63, 3.8) is 0 Å². The summed E-state index contributed by atoms with van der Waals surface area (Å²) in [4.78, 5) is 15.3. The van der Waals surface area contributed by atoms with E-state index in [4.69, 9.17) is 14.2 Å². The van der Waals surface area contributed by atoms with E-state index in [1.54, 1.807) is 14.2 Å². The Morgan fingerprint density at radius 3 is 2.79 bits per heavy atom. The van der Waals surface area contributed by atoms with E-state index in [1.807, 2.05) is 18.2 Å². The van der Waals surface area contributed by atoms with Gasteiger partial charge in [0, 0.05) is 32.2 Å². The topological polar surface area (TPSA) is 68.2 Å². The summed E-state index contributed by atoms with van der Waals surface area (Å²) in [6.07, 6.45) is 6.15. The van der Waals surface area contributed by atoms with Crippen LogP contribution in [0.5, 0.6) is 11.5 Å². The molecule has 6 heteroatoms. The molecule has 1 aromatic carbocycles. The van der Waals surface area contributed by atoms with Gasteiger partial charge in [-0.25, -0.2) is 0 Å². The average Bonchev–Trinajstić information content (AvgIpc) is 3.09. The molecular formula is C27H39NO5. The summed E-state index contributed by atoms with van der Waals surface area (Å²) >= 11 is 0. The molecule has 2 aliphatic carbocycles. The Balaban J connectivity index is 1.50. The number of ether oxygens (including phenoxy) is 3. The number of carbonyl (C=O) groups excluding carboxylic acids is 1. The molecule has 182 valence electrons. The van der Waals surface area contributed by atoms with E-state index in [0.717, 1.165) is 31.4 Å². The van der Waals surface area contributed by atoms with Crippen molar-refractivity contribution in [3.05, 3.63) is 35.9 Å². The third-order valence-corrected chi connectivity index (χ3v) is 8.26. The highest BCUT2D eigenvalue weighted by Gasteiger charge is 2.55. The molecule has 3 fully saturated rings. The van der Waals surface area contributed by atoms with Gasteiger partial charge >= 0.3 is 5.97 Å². The van der Waals surface area contributed by atoms with E-state index >= 15 is 0 Å². The third kappa shape index (κ3) is 4.92. The predicted octanol–water partition coefficient (Wildman–Crippen LogP) is 4.20. The minimum absolute atomic E-state index is 0.0235. The number of rotatable bonds is 9. The number of nitrogens with zero attached hydrogens (tertiary/aromatic N) is 1. The van der Waals surface area contributed by atoms with Crippen LogP contribution in [0.25, 0.3) is 0 Å². The van der Waals surface area contributed by atoms with Crippen LogP contribution >= 0.6 is 0 Å². The van der Waals surface area contributed by atoms with E-state index in [-0.39, 0.29) is 35.9 Å². The highest BCUT2D eigenvalue weighted by molar-refractivity contribution is 5.75. The first-order valence-corrected chi connectivity index (χ1v) is 12.3. The quantitative estimate of drug-likeness (QED) is 0.443. The highest BCUT2D eigenvalue weighted by Crippen LogP contribution is 2.57. The van der Waals surface area contributed by atoms with E-state index in [0.29, 0.717) is 36.9 Å². The van der Waals surface area contributed by atoms with Gasteiger partial charge in [-0.3, -0.25) is 9.69 Å². The van der Waals surface area contributed by atoms with Gasteiger partial charge in [0.25, 0.3) is 0 Å². The molecule has 0 unspecified atom stereocenters. The summed E-state index contributed by atoms with van der Waals surface area (Å²) in [7, 11) is 3.26. The van der Waals surface area contributed by atoms with Crippen LogP contribution in [-0.4, -0.2) is 56.0 Å². The Morgan fingerprint density at radius 2 is 2.06 bits per heavy atom. The zero-order chi connectivity index (χ0) is 23.6. The summed E-state index contributed by atoms with van der Waals surface area (Å²) in [6, 6.07) is 5.93. The second kappa shape index (κ2) is 10.1. The Labute approximate surface area is 197 Å². The van der Waals surface area contributed by atoms with Gasteiger partial charge in [-0.2, -0.15) is 0 Å². The SMILES string of the molecule is C=C1CCC[C@]2(C)C[C@H]3OC(=O)[C@@H](CN(CCCO)Cc4ccc(OC)c(OC)c4)[C@@H]3C[C@@H]12. The van der Waals surface area contributed by atoms with Crippen molar-refractivity contribution in [2.45, 2.75) is 58.1 Å². The number of allylic oxidation sites excluding steroid dienone is 1. The Bertz CT molecular complexity index is 870. The molecule has 1 heterocycles. The second-order valence-corrected chi connectivity index (χ2v) is 10.4. The summed E-state index contributed by atoms with van der Waals surface area (Å²) in [5.74, 6) is 1.93. The maximum atomic E-state index is 13.0. The van der Waals surface area contributed by atoms with Gasteiger partial charge in [0.2, 0.25) is 0 Å². The number of benzene rings is 1. The van der Waals surface area contributed by atoms with Crippen LogP contribution in [-0.2, 0) is 16.1 Å². The molecule has 0 spiro atoms. The minimum Gasteiger partial charge on any atom is -0.493 e. The molecule has 2 saturated carbocycles. The number of fused-ring (bicyclic) bond motifs is 2. The van der Waals surface area contributed by atoms with Gasteiger partial charge in [-0.05, 0) is 67.6 Å². The molecule has 33 heavy (non-hydrogen) atoms. The molecule has 1 aliphatic heterocycles. The van der Waals surface area contributed by atoms with Crippen molar-refractivity contribution in [2.24, 2.45) is 23.2 Å². The predicted molar refractivity (Wildman–Crippen MR) is 127 cm³/mol. The van der Waals surface area contributed by atoms with Crippen molar-refractivity contribution in [2.75, 3.05) is 33.9 Å². The third-order valence-electron chi connectivity index (χ3n) is 8.26. The normalized spacial score (nSPS) is 31.2. The van der Waals surface area contributed by atoms with Gasteiger partial charge in [-0.1, -0.05) is 25.1 Å². The second-order valence-electron chi connectivity index (χ2n) is 10.4. The summed E-state index contributed by atoms with van der Waals surface area (Å²) in [5, 5.41) is 9.45. The molecule has 0 amide bonds. The fourth-order valence-electron chi connectivity index (χ4n) is 6.51. The standard InChI is InChI=1S/C27H39NO5/c1-18-7-5-10-27(2)15-25-20(14-22(18)27)21(26(30)33-25)17-28(11-6-12-29)16-19-8-9-23(31-3)24(13-19)32-4/h8-9,13,20-22,25,29H,1,5-7,10-12,14-17H2,2-4H3/t20-,21-,22-,25+,27+/m0/s1. The van der Waals surface area contributed by atoms with Gasteiger partial charge in [0.15, 0.2) is 11.5 Å². The van der Waals surface area contributed by atoms with E-state index in [2.05, 4.69) is 18.4 Å². The maximum absolute atomic E-state index is 13.0. The molecule has 0 radical (unpaired) electrons. The smallest absolute Gasteiger partial charge is 0.310 e. The van der Waals surface area contributed by atoms with Crippen molar-refractivity contribution < 1.29 is 24.1 Å². The lowest BCUT2D eigenvalue weighted by atomic mass is 9.55. The van der Waals surface area contributed by atoms with Crippen LogP contribution in [0, 0.1) is 23.2 Å². The van der Waals surface area contributed by atoms with E-state index < -0.39 is 0 Å². The molecule has 0 aromatic heterocycles. The first-order chi connectivity index (χ1) is 15.9. The lowest BCUT2D eigenvalue weighted by Gasteiger charge is -2.50. The minimum atomic E-state index is -0.131.